The van der Waals surface area contributed by atoms with Crippen LogP contribution < -0.4 is 5.73 Å². The molecular formula is C11H26N2O. The first kappa shape index (κ1) is 13.9. The van der Waals surface area contributed by atoms with Crippen LogP contribution >= 0.6 is 0 Å². The van der Waals surface area contributed by atoms with Crippen LogP contribution in [0.25, 0.3) is 0 Å². The number of ether oxygens (including phenoxy) is 1. The molecule has 0 aliphatic rings. The van der Waals surface area contributed by atoms with E-state index in [-0.39, 0.29) is 6.04 Å². The molecular weight excluding hydrogens is 176 g/mol. The molecule has 0 aromatic carbocycles. The molecule has 0 aromatic rings. The van der Waals surface area contributed by atoms with Gasteiger partial charge in [-0.1, -0.05) is 13.8 Å². The van der Waals surface area contributed by atoms with Gasteiger partial charge >= 0.3 is 0 Å². The van der Waals surface area contributed by atoms with Gasteiger partial charge in [-0.05, 0) is 26.3 Å². The van der Waals surface area contributed by atoms with E-state index in [0.29, 0.717) is 12.0 Å². The lowest BCUT2D eigenvalue weighted by atomic mass is 10.0. The van der Waals surface area contributed by atoms with Gasteiger partial charge in [0.1, 0.15) is 0 Å². The molecule has 0 amide bonds. The van der Waals surface area contributed by atoms with Crippen LogP contribution in [-0.2, 0) is 4.74 Å². The van der Waals surface area contributed by atoms with Crippen LogP contribution in [-0.4, -0.2) is 44.3 Å². The van der Waals surface area contributed by atoms with Crippen molar-refractivity contribution in [3.05, 3.63) is 0 Å². The second-order valence-electron chi connectivity index (χ2n) is 4.63. The van der Waals surface area contributed by atoms with Crippen LogP contribution in [0, 0.1) is 5.92 Å². The lowest BCUT2D eigenvalue weighted by Gasteiger charge is -2.27. The molecule has 0 aliphatic heterocycles. The molecule has 3 nitrogen and oxygen atoms in total. The molecule has 0 saturated heterocycles. The van der Waals surface area contributed by atoms with Gasteiger partial charge in [0.05, 0.1) is 6.61 Å². The summed E-state index contributed by atoms with van der Waals surface area (Å²) in [5, 5.41) is 0. The summed E-state index contributed by atoms with van der Waals surface area (Å²) < 4.78 is 5.10. The van der Waals surface area contributed by atoms with Crippen LogP contribution in [0.15, 0.2) is 0 Å². The van der Waals surface area contributed by atoms with Crippen molar-refractivity contribution in [1.29, 1.82) is 0 Å². The number of rotatable bonds is 7. The average molecular weight is 202 g/mol. The molecule has 0 saturated carbocycles. The molecule has 0 radical (unpaired) electrons. The highest BCUT2D eigenvalue weighted by atomic mass is 16.5. The second kappa shape index (κ2) is 7.21. The SMILES string of the molecule is COCC(C)N(C)CC(N)CC(C)C. The molecule has 0 spiro atoms. The minimum absolute atomic E-state index is 0.277. The van der Waals surface area contributed by atoms with E-state index < -0.39 is 0 Å². The van der Waals surface area contributed by atoms with E-state index >= 15 is 0 Å². The first-order chi connectivity index (χ1) is 6.47. The van der Waals surface area contributed by atoms with Gasteiger partial charge in [-0.3, -0.25) is 4.90 Å². The van der Waals surface area contributed by atoms with E-state index in [2.05, 4.69) is 32.7 Å². The Kier molecular flexibility index (Phi) is 7.15. The Balaban J connectivity index is 3.74. The average Bonchev–Trinajstić information content (AvgIpc) is 2.02. The predicted molar refractivity (Wildman–Crippen MR) is 61.4 cm³/mol. The molecule has 0 aromatic heterocycles. The maximum Gasteiger partial charge on any atom is 0.0615 e. The molecule has 0 fully saturated rings. The summed E-state index contributed by atoms with van der Waals surface area (Å²) in [5.41, 5.74) is 6.03. The maximum atomic E-state index is 6.03. The highest BCUT2D eigenvalue weighted by Crippen LogP contribution is 2.05. The van der Waals surface area contributed by atoms with Gasteiger partial charge < -0.3 is 10.5 Å². The lowest BCUT2D eigenvalue weighted by molar-refractivity contribution is 0.110. The van der Waals surface area contributed by atoms with Crippen LogP contribution in [0.5, 0.6) is 0 Å². The number of likely N-dealkylation sites (N-methyl/N-ethyl adjacent to an activating group) is 1. The van der Waals surface area contributed by atoms with Crippen molar-refractivity contribution < 1.29 is 4.74 Å². The second-order valence-corrected chi connectivity index (χ2v) is 4.63. The van der Waals surface area contributed by atoms with Crippen molar-refractivity contribution in [2.45, 2.75) is 39.3 Å². The largest absolute Gasteiger partial charge is 0.383 e. The molecule has 0 aliphatic carbocycles. The summed E-state index contributed by atoms with van der Waals surface area (Å²) in [5.74, 6) is 0.677. The Bertz CT molecular complexity index is 139. The highest BCUT2D eigenvalue weighted by molar-refractivity contribution is 4.71. The molecule has 2 N–H and O–H groups in total. The van der Waals surface area contributed by atoms with Crippen molar-refractivity contribution in [1.82, 2.24) is 4.90 Å². The number of nitrogens with two attached hydrogens (primary N) is 1. The predicted octanol–water partition coefficient (Wildman–Crippen LogP) is 1.33. The Morgan fingerprint density at radius 3 is 2.29 bits per heavy atom. The van der Waals surface area contributed by atoms with Crippen molar-refractivity contribution >= 4 is 0 Å². The number of hydrogen-bond donors (Lipinski definition) is 1. The fourth-order valence-electron chi connectivity index (χ4n) is 1.60. The molecule has 2 atom stereocenters. The Morgan fingerprint density at radius 2 is 1.86 bits per heavy atom. The third kappa shape index (κ3) is 6.35. The summed E-state index contributed by atoms with van der Waals surface area (Å²) in [7, 11) is 3.84. The lowest BCUT2D eigenvalue weighted by Crippen LogP contribution is -2.42. The quantitative estimate of drug-likeness (QED) is 0.677. The maximum absolute atomic E-state index is 6.03. The number of methoxy groups -OCH3 is 1. The van der Waals surface area contributed by atoms with Gasteiger partial charge in [-0.15, -0.1) is 0 Å². The fourth-order valence-corrected chi connectivity index (χ4v) is 1.60. The summed E-state index contributed by atoms with van der Waals surface area (Å²) in [6.45, 7) is 8.29. The zero-order valence-electron chi connectivity index (χ0n) is 10.3. The van der Waals surface area contributed by atoms with Gasteiger partial charge in [0.2, 0.25) is 0 Å². The minimum atomic E-state index is 0.277. The fraction of sp³-hybridized carbons (Fsp3) is 1.00. The smallest absolute Gasteiger partial charge is 0.0615 e. The van der Waals surface area contributed by atoms with Crippen molar-refractivity contribution in [2.24, 2.45) is 11.7 Å². The molecule has 0 heterocycles. The summed E-state index contributed by atoms with van der Waals surface area (Å²) in [6, 6.07) is 0.720. The van der Waals surface area contributed by atoms with E-state index in [1.165, 1.54) is 0 Å². The van der Waals surface area contributed by atoms with Crippen molar-refractivity contribution in [3.63, 3.8) is 0 Å². The zero-order chi connectivity index (χ0) is 11.1. The number of hydrogen-bond acceptors (Lipinski definition) is 3. The van der Waals surface area contributed by atoms with Gasteiger partial charge in [-0.2, -0.15) is 0 Å². The van der Waals surface area contributed by atoms with Crippen molar-refractivity contribution in [3.8, 4) is 0 Å². The standard InChI is InChI=1S/C11H26N2O/c1-9(2)6-11(12)7-13(4)10(3)8-14-5/h9-11H,6-8,12H2,1-5H3. The first-order valence-corrected chi connectivity index (χ1v) is 5.42. The van der Waals surface area contributed by atoms with Crippen LogP contribution in [0.3, 0.4) is 0 Å². The van der Waals surface area contributed by atoms with E-state index in [4.69, 9.17) is 10.5 Å². The molecule has 14 heavy (non-hydrogen) atoms. The molecule has 3 heteroatoms. The zero-order valence-corrected chi connectivity index (χ0v) is 10.3. The third-order valence-corrected chi connectivity index (χ3v) is 2.46. The Hall–Kier alpha value is -0.120. The summed E-state index contributed by atoms with van der Waals surface area (Å²) in [4.78, 5) is 2.26. The van der Waals surface area contributed by atoms with Gasteiger partial charge in [-0.25, -0.2) is 0 Å². The molecule has 0 bridgehead atoms. The van der Waals surface area contributed by atoms with E-state index in [1.54, 1.807) is 7.11 Å². The normalized spacial score (nSPS) is 16.3. The minimum Gasteiger partial charge on any atom is -0.383 e. The molecule has 86 valence electrons. The van der Waals surface area contributed by atoms with Gasteiger partial charge in [0.15, 0.2) is 0 Å². The molecule has 2 unspecified atom stereocenters. The first-order valence-electron chi connectivity index (χ1n) is 5.42. The monoisotopic (exact) mass is 202 g/mol. The van der Waals surface area contributed by atoms with Crippen LogP contribution in [0.4, 0.5) is 0 Å². The van der Waals surface area contributed by atoms with Gasteiger partial charge in [0, 0.05) is 25.7 Å². The van der Waals surface area contributed by atoms with E-state index in [0.717, 1.165) is 19.6 Å². The number of nitrogens with zero attached hydrogens (tertiary/aromatic N) is 1. The Labute approximate surface area is 88.6 Å². The van der Waals surface area contributed by atoms with E-state index in [9.17, 15) is 0 Å². The van der Waals surface area contributed by atoms with E-state index in [1.807, 2.05) is 0 Å². The van der Waals surface area contributed by atoms with Crippen LogP contribution in [0.1, 0.15) is 27.2 Å². The van der Waals surface area contributed by atoms with Crippen molar-refractivity contribution in [2.75, 3.05) is 27.3 Å². The topological polar surface area (TPSA) is 38.5 Å². The highest BCUT2D eigenvalue weighted by Gasteiger charge is 2.13. The van der Waals surface area contributed by atoms with Gasteiger partial charge in [0.25, 0.3) is 0 Å². The summed E-state index contributed by atoms with van der Waals surface area (Å²) in [6.07, 6.45) is 1.09. The molecule has 0 rings (SSSR count). The Morgan fingerprint density at radius 1 is 1.29 bits per heavy atom. The third-order valence-electron chi connectivity index (χ3n) is 2.46. The summed E-state index contributed by atoms with van der Waals surface area (Å²) >= 11 is 0. The van der Waals surface area contributed by atoms with Crippen LogP contribution in [0.2, 0.25) is 0 Å².